The molecule has 0 spiro atoms. The molecule has 0 aliphatic carbocycles. The lowest BCUT2D eigenvalue weighted by Gasteiger charge is -2.34. The van der Waals surface area contributed by atoms with Gasteiger partial charge in [0.25, 0.3) is 0 Å². The molecule has 0 aromatic rings. The van der Waals surface area contributed by atoms with Crippen LogP contribution in [0.5, 0.6) is 0 Å². The molecule has 0 saturated heterocycles. The highest BCUT2D eigenvalue weighted by Gasteiger charge is 2.24. The van der Waals surface area contributed by atoms with E-state index in [1.165, 1.54) is 0 Å². The SMILES string of the molecule is CCC(C)(CNC(C)C)CN(C)CC(O)COC. The zero-order chi connectivity index (χ0) is 14.2. The number of likely N-dealkylation sites (N-methyl/N-ethyl adjacent to an activating group) is 1. The van der Waals surface area contributed by atoms with Crippen molar-refractivity contribution in [2.75, 3.05) is 40.4 Å². The van der Waals surface area contributed by atoms with Gasteiger partial charge in [-0.3, -0.25) is 0 Å². The molecule has 4 nitrogen and oxygen atoms in total. The van der Waals surface area contributed by atoms with E-state index in [-0.39, 0.29) is 5.41 Å². The van der Waals surface area contributed by atoms with E-state index in [0.29, 0.717) is 19.2 Å². The molecule has 18 heavy (non-hydrogen) atoms. The van der Waals surface area contributed by atoms with Gasteiger partial charge in [0.15, 0.2) is 0 Å². The summed E-state index contributed by atoms with van der Waals surface area (Å²) in [5.74, 6) is 0. The lowest BCUT2D eigenvalue weighted by molar-refractivity contribution is 0.0341. The molecule has 2 unspecified atom stereocenters. The number of nitrogens with zero attached hydrogens (tertiary/aromatic N) is 1. The summed E-state index contributed by atoms with van der Waals surface area (Å²) >= 11 is 0. The van der Waals surface area contributed by atoms with Gasteiger partial charge in [-0.15, -0.1) is 0 Å². The Kier molecular flexibility index (Phi) is 8.78. The molecule has 2 N–H and O–H groups in total. The van der Waals surface area contributed by atoms with Crippen LogP contribution in [-0.4, -0.2) is 62.6 Å². The third kappa shape index (κ3) is 8.03. The van der Waals surface area contributed by atoms with Gasteiger partial charge in [0.05, 0.1) is 12.7 Å². The molecular formula is C14H32N2O2. The molecule has 0 aromatic carbocycles. The molecule has 0 radical (unpaired) electrons. The minimum atomic E-state index is -0.404. The van der Waals surface area contributed by atoms with E-state index in [1.807, 2.05) is 0 Å². The summed E-state index contributed by atoms with van der Waals surface area (Å²) in [6, 6.07) is 0.514. The van der Waals surface area contributed by atoms with Crippen LogP contribution in [0.4, 0.5) is 0 Å². The quantitative estimate of drug-likeness (QED) is 0.622. The van der Waals surface area contributed by atoms with Crippen LogP contribution in [0, 0.1) is 5.41 Å². The maximum Gasteiger partial charge on any atom is 0.0899 e. The van der Waals surface area contributed by atoms with E-state index in [4.69, 9.17) is 4.74 Å². The highest BCUT2D eigenvalue weighted by atomic mass is 16.5. The van der Waals surface area contributed by atoms with Crippen LogP contribution in [0.15, 0.2) is 0 Å². The topological polar surface area (TPSA) is 44.7 Å². The Morgan fingerprint density at radius 1 is 1.39 bits per heavy atom. The molecule has 110 valence electrons. The van der Waals surface area contributed by atoms with E-state index in [1.54, 1.807) is 7.11 Å². The predicted molar refractivity (Wildman–Crippen MR) is 76.9 cm³/mol. The van der Waals surface area contributed by atoms with Crippen LogP contribution in [0.1, 0.15) is 34.1 Å². The molecule has 2 atom stereocenters. The van der Waals surface area contributed by atoms with E-state index in [0.717, 1.165) is 19.5 Å². The first-order valence-electron chi connectivity index (χ1n) is 6.92. The molecule has 0 fully saturated rings. The Bertz CT molecular complexity index is 212. The van der Waals surface area contributed by atoms with Crippen molar-refractivity contribution in [1.29, 1.82) is 0 Å². The second-order valence-electron chi connectivity index (χ2n) is 6.01. The maximum atomic E-state index is 9.72. The number of ether oxygens (including phenoxy) is 1. The molecule has 4 heteroatoms. The highest BCUT2D eigenvalue weighted by Crippen LogP contribution is 2.21. The Labute approximate surface area is 113 Å². The predicted octanol–water partition coefficient (Wildman–Crippen LogP) is 1.34. The van der Waals surface area contributed by atoms with Crippen molar-refractivity contribution in [2.45, 2.75) is 46.3 Å². The third-order valence-electron chi connectivity index (χ3n) is 3.32. The number of methoxy groups -OCH3 is 1. The summed E-state index contributed by atoms with van der Waals surface area (Å²) < 4.78 is 4.95. The number of hydrogen-bond donors (Lipinski definition) is 2. The van der Waals surface area contributed by atoms with E-state index >= 15 is 0 Å². The fraction of sp³-hybridized carbons (Fsp3) is 1.00. The van der Waals surface area contributed by atoms with Gasteiger partial charge in [-0.1, -0.05) is 27.7 Å². The van der Waals surface area contributed by atoms with E-state index < -0.39 is 6.10 Å². The summed E-state index contributed by atoms with van der Waals surface area (Å²) in [7, 11) is 3.67. The normalized spacial score (nSPS) is 17.2. The number of rotatable bonds is 10. The fourth-order valence-corrected chi connectivity index (χ4v) is 2.06. The molecule has 0 saturated carbocycles. The van der Waals surface area contributed by atoms with Crippen LogP contribution in [0.2, 0.25) is 0 Å². The maximum absolute atomic E-state index is 9.72. The van der Waals surface area contributed by atoms with Crippen molar-refractivity contribution in [2.24, 2.45) is 5.41 Å². The molecular weight excluding hydrogens is 228 g/mol. The lowest BCUT2D eigenvalue weighted by Crippen LogP contribution is -2.44. The second kappa shape index (κ2) is 8.86. The fourth-order valence-electron chi connectivity index (χ4n) is 2.06. The average Bonchev–Trinajstić information content (AvgIpc) is 2.26. The Hall–Kier alpha value is -0.160. The van der Waals surface area contributed by atoms with Crippen molar-refractivity contribution in [3.63, 3.8) is 0 Å². The smallest absolute Gasteiger partial charge is 0.0899 e. The second-order valence-corrected chi connectivity index (χ2v) is 6.01. The zero-order valence-electron chi connectivity index (χ0n) is 13.0. The molecule has 0 amide bonds. The Morgan fingerprint density at radius 3 is 2.44 bits per heavy atom. The van der Waals surface area contributed by atoms with Crippen LogP contribution < -0.4 is 5.32 Å². The van der Waals surface area contributed by atoms with Crippen molar-refractivity contribution >= 4 is 0 Å². The largest absolute Gasteiger partial charge is 0.389 e. The molecule has 0 rings (SSSR count). The molecule has 0 aliphatic rings. The molecule has 0 aromatic heterocycles. The first kappa shape index (κ1) is 17.8. The summed E-state index contributed by atoms with van der Waals surface area (Å²) in [5.41, 5.74) is 0.242. The van der Waals surface area contributed by atoms with E-state index in [9.17, 15) is 5.11 Å². The molecule has 0 heterocycles. The summed E-state index contributed by atoms with van der Waals surface area (Å²) in [4.78, 5) is 2.19. The number of nitrogens with one attached hydrogen (secondary N) is 1. The Balaban J connectivity index is 4.16. The minimum absolute atomic E-state index is 0.242. The van der Waals surface area contributed by atoms with Gasteiger partial charge in [0, 0.05) is 32.8 Å². The van der Waals surface area contributed by atoms with Crippen LogP contribution in [0.25, 0.3) is 0 Å². The minimum Gasteiger partial charge on any atom is -0.389 e. The number of aliphatic hydroxyl groups is 1. The van der Waals surface area contributed by atoms with Crippen molar-refractivity contribution in [3.8, 4) is 0 Å². The summed E-state index contributed by atoms with van der Waals surface area (Å²) in [6.45, 7) is 11.9. The first-order valence-corrected chi connectivity index (χ1v) is 6.92. The monoisotopic (exact) mass is 260 g/mol. The average molecular weight is 260 g/mol. The van der Waals surface area contributed by atoms with Crippen molar-refractivity contribution in [1.82, 2.24) is 10.2 Å². The standard InChI is InChI=1S/C14H32N2O2/c1-7-14(4,10-15-12(2)3)11-16(5)8-13(17)9-18-6/h12-13,15,17H,7-11H2,1-6H3. The number of hydrogen-bond acceptors (Lipinski definition) is 4. The van der Waals surface area contributed by atoms with Gasteiger partial charge < -0.3 is 20.1 Å². The zero-order valence-corrected chi connectivity index (χ0v) is 13.0. The summed E-state index contributed by atoms with van der Waals surface area (Å²) in [5, 5.41) is 13.2. The van der Waals surface area contributed by atoms with Gasteiger partial charge in [-0.05, 0) is 18.9 Å². The molecule has 0 aliphatic heterocycles. The van der Waals surface area contributed by atoms with E-state index in [2.05, 4.69) is 45.0 Å². The van der Waals surface area contributed by atoms with Crippen LogP contribution in [-0.2, 0) is 4.74 Å². The first-order chi connectivity index (χ1) is 8.33. The Morgan fingerprint density at radius 2 is 2.00 bits per heavy atom. The highest BCUT2D eigenvalue weighted by molar-refractivity contribution is 4.80. The summed E-state index contributed by atoms with van der Waals surface area (Å²) in [6.07, 6.45) is 0.719. The van der Waals surface area contributed by atoms with Gasteiger partial charge in [-0.25, -0.2) is 0 Å². The van der Waals surface area contributed by atoms with Gasteiger partial charge in [-0.2, -0.15) is 0 Å². The third-order valence-corrected chi connectivity index (χ3v) is 3.32. The van der Waals surface area contributed by atoms with Gasteiger partial charge in [0.1, 0.15) is 0 Å². The van der Waals surface area contributed by atoms with Crippen LogP contribution >= 0.6 is 0 Å². The van der Waals surface area contributed by atoms with Crippen LogP contribution in [0.3, 0.4) is 0 Å². The van der Waals surface area contributed by atoms with Crippen molar-refractivity contribution < 1.29 is 9.84 Å². The van der Waals surface area contributed by atoms with Gasteiger partial charge in [0.2, 0.25) is 0 Å². The number of aliphatic hydroxyl groups excluding tert-OH is 1. The van der Waals surface area contributed by atoms with Crippen molar-refractivity contribution in [3.05, 3.63) is 0 Å². The molecule has 0 bridgehead atoms. The van der Waals surface area contributed by atoms with Gasteiger partial charge >= 0.3 is 0 Å². The lowest BCUT2D eigenvalue weighted by atomic mass is 9.86.